The molecule has 23 heavy (non-hydrogen) atoms. The van der Waals surface area contributed by atoms with E-state index in [-0.39, 0.29) is 17.5 Å². The molecule has 0 spiro atoms. The lowest BCUT2D eigenvalue weighted by atomic mass is 10.1. The third kappa shape index (κ3) is 4.81. The number of ketones is 1. The lowest BCUT2D eigenvalue weighted by Gasteiger charge is -2.09. The first kappa shape index (κ1) is 16.5. The maximum absolute atomic E-state index is 12.1. The average Bonchev–Trinajstić information content (AvgIpc) is 2.53. The van der Waals surface area contributed by atoms with Gasteiger partial charge in [-0.05, 0) is 61.9 Å². The van der Waals surface area contributed by atoms with Crippen molar-refractivity contribution in [3.05, 3.63) is 71.3 Å². The predicted molar refractivity (Wildman–Crippen MR) is 89.0 cm³/mol. The van der Waals surface area contributed by atoms with Crippen LogP contribution in [0.5, 0.6) is 5.75 Å². The van der Waals surface area contributed by atoms with E-state index in [2.05, 4.69) is 0 Å². The number of aromatic carboxylic acids is 1. The van der Waals surface area contributed by atoms with E-state index >= 15 is 0 Å². The van der Waals surface area contributed by atoms with Gasteiger partial charge in [0.2, 0.25) is 0 Å². The first-order chi connectivity index (χ1) is 11.0. The summed E-state index contributed by atoms with van der Waals surface area (Å²) in [6.07, 6.45) is 3.21. The third-order valence-electron chi connectivity index (χ3n) is 3.10. The Morgan fingerprint density at radius 3 is 2.04 bits per heavy atom. The van der Waals surface area contributed by atoms with Crippen molar-refractivity contribution in [2.24, 2.45) is 0 Å². The summed E-state index contributed by atoms with van der Waals surface area (Å²) in [6.45, 7) is 3.88. The quantitative estimate of drug-likeness (QED) is 0.645. The summed E-state index contributed by atoms with van der Waals surface area (Å²) in [5, 5.41) is 8.84. The molecule has 0 heterocycles. The number of hydrogen-bond donors (Lipinski definition) is 1. The van der Waals surface area contributed by atoms with Crippen LogP contribution in [0.4, 0.5) is 0 Å². The van der Waals surface area contributed by atoms with Gasteiger partial charge in [0.15, 0.2) is 5.78 Å². The van der Waals surface area contributed by atoms with Gasteiger partial charge in [-0.2, -0.15) is 0 Å². The number of carboxylic acids is 1. The van der Waals surface area contributed by atoms with Crippen molar-refractivity contribution in [2.75, 3.05) is 0 Å². The van der Waals surface area contributed by atoms with E-state index in [4.69, 9.17) is 9.84 Å². The minimum atomic E-state index is -0.972. The van der Waals surface area contributed by atoms with Crippen LogP contribution in [0.25, 0.3) is 6.08 Å². The molecule has 2 aromatic carbocycles. The number of carbonyl (C=O) groups excluding carboxylic acids is 1. The van der Waals surface area contributed by atoms with Gasteiger partial charge >= 0.3 is 5.97 Å². The maximum atomic E-state index is 12.1. The molecule has 0 bridgehead atoms. The maximum Gasteiger partial charge on any atom is 0.335 e. The fourth-order valence-corrected chi connectivity index (χ4v) is 1.97. The molecule has 0 atom stereocenters. The second kappa shape index (κ2) is 7.40. The number of rotatable bonds is 6. The molecule has 2 aromatic rings. The van der Waals surface area contributed by atoms with Gasteiger partial charge in [-0.25, -0.2) is 4.79 Å². The molecule has 0 saturated heterocycles. The number of hydrogen-bond acceptors (Lipinski definition) is 3. The lowest BCUT2D eigenvalue weighted by molar-refractivity contribution is 0.0696. The van der Waals surface area contributed by atoms with E-state index < -0.39 is 5.97 Å². The van der Waals surface area contributed by atoms with Crippen molar-refractivity contribution in [1.29, 1.82) is 0 Å². The molecule has 0 unspecified atom stereocenters. The fourth-order valence-electron chi connectivity index (χ4n) is 1.97. The van der Waals surface area contributed by atoms with Crippen LogP contribution >= 0.6 is 0 Å². The Hall–Kier alpha value is -2.88. The molecule has 0 aliphatic rings. The van der Waals surface area contributed by atoms with E-state index in [0.29, 0.717) is 5.56 Å². The molecule has 1 N–H and O–H groups in total. The number of benzene rings is 2. The highest BCUT2D eigenvalue weighted by Gasteiger charge is 2.04. The molecule has 0 aromatic heterocycles. The van der Waals surface area contributed by atoms with Crippen LogP contribution in [-0.4, -0.2) is 23.0 Å². The topological polar surface area (TPSA) is 63.6 Å². The SMILES string of the molecule is CC(C)Oc1ccc(C(=O)/C=C/c2ccc(C(=O)O)cc2)cc1. The van der Waals surface area contributed by atoms with Gasteiger partial charge < -0.3 is 9.84 Å². The van der Waals surface area contributed by atoms with Crippen molar-refractivity contribution in [3.63, 3.8) is 0 Å². The van der Waals surface area contributed by atoms with Gasteiger partial charge in [-0.15, -0.1) is 0 Å². The van der Waals surface area contributed by atoms with Crippen LogP contribution in [-0.2, 0) is 0 Å². The Balaban J connectivity index is 2.04. The number of ether oxygens (including phenoxy) is 1. The van der Waals surface area contributed by atoms with Crippen LogP contribution in [0.15, 0.2) is 54.6 Å². The van der Waals surface area contributed by atoms with Gasteiger partial charge in [-0.3, -0.25) is 4.79 Å². The second-order valence-electron chi connectivity index (χ2n) is 5.32. The first-order valence-electron chi connectivity index (χ1n) is 7.28. The Morgan fingerprint density at radius 1 is 0.957 bits per heavy atom. The van der Waals surface area contributed by atoms with Crippen LogP contribution in [0.1, 0.15) is 40.1 Å². The van der Waals surface area contributed by atoms with E-state index in [1.165, 1.54) is 18.2 Å². The largest absolute Gasteiger partial charge is 0.491 e. The molecule has 118 valence electrons. The van der Waals surface area contributed by atoms with Crippen molar-refractivity contribution < 1.29 is 19.4 Å². The Labute approximate surface area is 135 Å². The van der Waals surface area contributed by atoms with Crippen molar-refractivity contribution in [1.82, 2.24) is 0 Å². The highest BCUT2D eigenvalue weighted by molar-refractivity contribution is 6.06. The summed E-state index contributed by atoms with van der Waals surface area (Å²) in [7, 11) is 0. The Morgan fingerprint density at radius 2 is 1.52 bits per heavy atom. The van der Waals surface area contributed by atoms with Gasteiger partial charge in [0.05, 0.1) is 11.7 Å². The predicted octanol–water partition coefficient (Wildman–Crippen LogP) is 4.07. The average molecular weight is 310 g/mol. The van der Waals surface area contributed by atoms with Gasteiger partial charge in [0.1, 0.15) is 5.75 Å². The van der Waals surface area contributed by atoms with Crippen LogP contribution in [0, 0.1) is 0 Å². The van der Waals surface area contributed by atoms with Gasteiger partial charge in [-0.1, -0.05) is 18.2 Å². The highest BCUT2D eigenvalue weighted by atomic mass is 16.5. The minimum absolute atomic E-state index is 0.0882. The van der Waals surface area contributed by atoms with Crippen LogP contribution in [0.2, 0.25) is 0 Å². The van der Waals surface area contributed by atoms with E-state index in [1.54, 1.807) is 42.5 Å². The standard InChI is InChI=1S/C19H18O4/c1-13(2)23-17-10-8-15(9-11-17)18(20)12-5-14-3-6-16(7-4-14)19(21)22/h3-13H,1-2H3,(H,21,22)/b12-5+. The molecule has 0 saturated carbocycles. The molecule has 2 rings (SSSR count). The molecule has 0 amide bonds. The van der Waals surface area contributed by atoms with E-state index in [0.717, 1.165) is 11.3 Å². The van der Waals surface area contributed by atoms with E-state index in [1.807, 2.05) is 13.8 Å². The van der Waals surface area contributed by atoms with Crippen molar-refractivity contribution in [2.45, 2.75) is 20.0 Å². The van der Waals surface area contributed by atoms with Crippen LogP contribution in [0.3, 0.4) is 0 Å². The minimum Gasteiger partial charge on any atom is -0.491 e. The first-order valence-corrected chi connectivity index (χ1v) is 7.28. The molecule has 4 nitrogen and oxygen atoms in total. The van der Waals surface area contributed by atoms with Crippen LogP contribution < -0.4 is 4.74 Å². The van der Waals surface area contributed by atoms with E-state index in [9.17, 15) is 9.59 Å². The Bertz CT molecular complexity index is 710. The smallest absolute Gasteiger partial charge is 0.335 e. The molecule has 0 aliphatic heterocycles. The lowest BCUT2D eigenvalue weighted by Crippen LogP contribution is -2.05. The molecular weight excluding hydrogens is 292 g/mol. The summed E-state index contributed by atoms with van der Waals surface area (Å²) in [4.78, 5) is 22.9. The monoisotopic (exact) mass is 310 g/mol. The third-order valence-corrected chi connectivity index (χ3v) is 3.10. The Kier molecular flexibility index (Phi) is 5.31. The zero-order valence-corrected chi connectivity index (χ0v) is 13.0. The van der Waals surface area contributed by atoms with Crippen molar-refractivity contribution >= 4 is 17.8 Å². The second-order valence-corrected chi connectivity index (χ2v) is 5.32. The summed E-state index contributed by atoms with van der Waals surface area (Å²) >= 11 is 0. The molecule has 0 radical (unpaired) electrons. The number of allylic oxidation sites excluding steroid dienone is 1. The summed E-state index contributed by atoms with van der Waals surface area (Å²) in [5.74, 6) is -0.367. The summed E-state index contributed by atoms with van der Waals surface area (Å²) in [5.41, 5.74) is 1.55. The molecule has 0 fully saturated rings. The normalized spacial score (nSPS) is 10.9. The number of carbonyl (C=O) groups is 2. The molecular formula is C19H18O4. The van der Waals surface area contributed by atoms with Crippen molar-refractivity contribution in [3.8, 4) is 5.75 Å². The van der Waals surface area contributed by atoms with Gasteiger partial charge in [0.25, 0.3) is 0 Å². The summed E-state index contributed by atoms with van der Waals surface area (Å²) < 4.78 is 5.53. The number of carboxylic acid groups (broad SMARTS) is 1. The highest BCUT2D eigenvalue weighted by Crippen LogP contribution is 2.15. The molecule has 0 aliphatic carbocycles. The zero-order chi connectivity index (χ0) is 16.8. The zero-order valence-electron chi connectivity index (χ0n) is 13.0. The molecule has 4 heteroatoms. The fraction of sp³-hybridized carbons (Fsp3) is 0.158. The summed E-state index contributed by atoms with van der Waals surface area (Å²) in [6, 6.07) is 13.3. The van der Waals surface area contributed by atoms with Gasteiger partial charge in [0, 0.05) is 5.56 Å².